The van der Waals surface area contributed by atoms with Crippen LogP contribution in [0.1, 0.15) is 24.1 Å². The number of hydrogen-bond donors (Lipinski definition) is 1. The molecule has 0 atom stereocenters. The van der Waals surface area contributed by atoms with Crippen LogP contribution in [0.2, 0.25) is 5.02 Å². The van der Waals surface area contributed by atoms with Gasteiger partial charge in [-0.25, -0.2) is 4.98 Å². The number of carbonyl (C=O) groups is 1. The van der Waals surface area contributed by atoms with Crippen molar-refractivity contribution < 1.29 is 14.3 Å². The number of pyridine rings is 1. The van der Waals surface area contributed by atoms with Crippen molar-refractivity contribution in [3.8, 4) is 5.88 Å². The highest BCUT2D eigenvalue weighted by Crippen LogP contribution is 2.37. The number of amides is 1. The predicted molar refractivity (Wildman–Crippen MR) is 97.3 cm³/mol. The largest absolute Gasteiger partial charge is 0.481 e. The molecule has 1 aromatic carbocycles. The van der Waals surface area contributed by atoms with Crippen molar-refractivity contribution >= 4 is 23.2 Å². The zero-order valence-electron chi connectivity index (χ0n) is 14.3. The maximum Gasteiger partial charge on any atom is 0.235 e. The summed E-state index contributed by atoms with van der Waals surface area (Å²) in [6, 6.07) is 11.0. The Kier molecular flexibility index (Phi) is 5.25. The van der Waals surface area contributed by atoms with E-state index in [1.54, 1.807) is 13.2 Å². The fourth-order valence-electron chi connectivity index (χ4n) is 3.16. The van der Waals surface area contributed by atoms with Gasteiger partial charge < -0.3 is 14.8 Å². The second kappa shape index (κ2) is 7.42. The number of carbonyl (C=O) groups excluding carboxylic acids is 1. The topological polar surface area (TPSA) is 60.5 Å². The molecule has 1 amide bonds. The molecule has 2 aromatic rings. The molecule has 0 spiro atoms. The van der Waals surface area contributed by atoms with Gasteiger partial charge in [0, 0.05) is 24.3 Å². The molecule has 0 radical (unpaired) electrons. The Labute approximate surface area is 152 Å². The van der Waals surface area contributed by atoms with Gasteiger partial charge in [-0.05, 0) is 43.5 Å². The van der Waals surface area contributed by atoms with Crippen LogP contribution in [0.15, 0.2) is 36.4 Å². The maximum absolute atomic E-state index is 13.2. The van der Waals surface area contributed by atoms with Crippen LogP contribution in [0, 0.1) is 6.92 Å². The summed E-state index contributed by atoms with van der Waals surface area (Å²) in [4.78, 5) is 17.5. The number of aromatic nitrogens is 1. The summed E-state index contributed by atoms with van der Waals surface area (Å²) in [7, 11) is 1.57. The van der Waals surface area contributed by atoms with E-state index in [9.17, 15) is 4.79 Å². The quantitative estimate of drug-likeness (QED) is 0.902. The molecule has 132 valence electrons. The molecule has 1 fully saturated rings. The first-order valence-electron chi connectivity index (χ1n) is 8.22. The average molecular weight is 361 g/mol. The van der Waals surface area contributed by atoms with E-state index in [2.05, 4.69) is 10.3 Å². The molecular formula is C19H21ClN2O3. The summed E-state index contributed by atoms with van der Waals surface area (Å²) in [5.74, 6) is 0.474. The zero-order chi connectivity index (χ0) is 17.9. The van der Waals surface area contributed by atoms with Crippen LogP contribution in [0.4, 0.5) is 5.69 Å². The van der Waals surface area contributed by atoms with E-state index < -0.39 is 5.41 Å². The summed E-state index contributed by atoms with van der Waals surface area (Å²) in [5, 5.41) is 3.69. The number of methoxy groups -OCH3 is 1. The molecular weight excluding hydrogens is 340 g/mol. The molecule has 0 unspecified atom stereocenters. The van der Waals surface area contributed by atoms with Crippen LogP contribution in [0.3, 0.4) is 0 Å². The van der Waals surface area contributed by atoms with Gasteiger partial charge >= 0.3 is 0 Å². The Bertz CT molecular complexity index is 756. The van der Waals surface area contributed by atoms with Crippen LogP contribution >= 0.6 is 11.6 Å². The second-order valence-electron chi connectivity index (χ2n) is 6.14. The second-order valence-corrected chi connectivity index (χ2v) is 6.58. The highest BCUT2D eigenvalue weighted by Gasteiger charge is 2.41. The highest BCUT2D eigenvalue weighted by molar-refractivity contribution is 6.30. The highest BCUT2D eigenvalue weighted by atomic mass is 35.5. The van der Waals surface area contributed by atoms with Gasteiger partial charge in [0.15, 0.2) is 0 Å². The lowest BCUT2D eigenvalue weighted by Crippen LogP contribution is -2.45. The maximum atomic E-state index is 13.2. The molecule has 3 rings (SSSR count). The zero-order valence-corrected chi connectivity index (χ0v) is 15.1. The van der Waals surface area contributed by atoms with Gasteiger partial charge in [0.25, 0.3) is 0 Å². The van der Waals surface area contributed by atoms with Crippen molar-refractivity contribution in [2.75, 3.05) is 25.6 Å². The van der Waals surface area contributed by atoms with Crippen LogP contribution in [-0.2, 0) is 14.9 Å². The SMILES string of the molecule is COc1ccc(NC(=O)C2(c3ccc(Cl)cc3)CCOCC2)c(C)n1. The third-order valence-corrected chi connectivity index (χ3v) is 4.95. The number of aryl methyl sites for hydroxylation is 1. The van der Waals surface area contributed by atoms with Gasteiger partial charge in [0.2, 0.25) is 11.8 Å². The molecule has 1 N–H and O–H groups in total. The van der Waals surface area contributed by atoms with E-state index in [-0.39, 0.29) is 5.91 Å². The number of anilines is 1. The Morgan fingerprint density at radius 3 is 2.48 bits per heavy atom. The number of nitrogens with one attached hydrogen (secondary N) is 1. The van der Waals surface area contributed by atoms with E-state index in [1.807, 2.05) is 37.3 Å². The lowest BCUT2D eigenvalue weighted by atomic mass is 9.73. The summed E-state index contributed by atoms with van der Waals surface area (Å²) in [6.07, 6.45) is 1.26. The van der Waals surface area contributed by atoms with Gasteiger partial charge in [-0.3, -0.25) is 4.79 Å². The minimum atomic E-state index is -0.630. The van der Waals surface area contributed by atoms with Crippen LogP contribution in [0.5, 0.6) is 5.88 Å². The van der Waals surface area contributed by atoms with Crippen molar-refractivity contribution in [3.05, 3.63) is 52.7 Å². The summed E-state index contributed by atoms with van der Waals surface area (Å²) >= 11 is 6.01. The van der Waals surface area contributed by atoms with Gasteiger partial charge in [-0.2, -0.15) is 0 Å². The lowest BCUT2D eigenvalue weighted by molar-refractivity contribution is -0.125. The van der Waals surface area contributed by atoms with Crippen molar-refractivity contribution in [1.82, 2.24) is 4.98 Å². The fraction of sp³-hybridized carbons (Fsp3) is 0.368. The van der Waals surface area contributed by atoms with Crippen LogP contribution in [0.25, 0.3) is 0 Å². The minimum absolute atomic E-state index is 0.0480. The van der Waals surface area contributed by atoms with Crippen molar-refractivity contribution in [3.63, 3.8) is 0 Å². The summed E-state index contributed by atoms with van der Waals surface area (Å²) < 4.78 is 10.6. The van der Waals surface area contributed by atoms with Gasteiger partial charge in [0.05, 0.1) is 23.9 Å². The van der Waals surface area contributed by atoms with E-state index in [0.29, 0.717) is 48.3 Å². The standard InChI is InChI=1S/C19H21ClN2O3/c1-13-16(7-8-17(21-13)24-2)22-18(23)19(9-11-25-12-10-19)14-3-5-15(20)6-4-14/h3-8H,9-12H2,1-2H3,(H,22,23). The van der Waals surface area contributed by atoms with E-state index >= 15 is 0 Å². The van der Waals surface area contributed by atoms with E-state index in [0.717, 1.165) is 5.56 Å². The number of benzene rings is 1. The Morgan fingerprint density at radius 2 is 1.88 bits per heavy atom. The van der Waals surface area contributed by atoms with E-state index in [1.165, 1.54) is 0 Å². The molecule has 1 aromatic heterocycles. The molecule has 0 saturated carbocycles. The third kappa shape index (κ3) is 3.62. The van der Waals surface area contributed by atoms with Gasteiger partial charge in [-0.1, -0.05) is 23.7 Å². The minimum Gasteiger partial charge on any atom is -0.481 e. The molecule has 0 aliphatic carbocycles. The van der Waals surface area contributed by atoms with Crippen LogP contribution in [-0.4, -0.2) is 31.2 Å². The molecule has 5 nitrogen and oxygen atoms in total. The number of nitrogens with zero attached hydrogens (tertiary/aromatic N) is 1. The predicted octanol–water partition coefficient (Wildman–Crippen LogP) is 3.74. The summed E-state index contributed by atoms with van der Waals surface area (Å²) in [5.41, 5.74) is 1.73. The van der Waals surface area contributed by atoms with Gasteiger partial charge in [0.1, 0.15) is 0 Å². The monoisotopic (exact) mass is 360 g/mol. The number of rotatable bonds is 4. The molecule has 2 heterocycles. The van der Waals surface area contributed by atoms with Crippen molar-refractivity contribution in [2.45, 2.75) is 25.2 Å². The molecule has 1 aliphatic heterocycles. The molecule has 1 saturated heterocycles. The third-order valence-electron chi connectivity index (χ3n) is 4.70. The first-order valence-corrected chi connectivity index (χ1v) is 8.60. The fourth-order valence-corrected chi connectivity index (χ4v) is 3.29. The average Bonchev–Trinajstić information content (AvgIpc) is 2.64. The number of ether oxygens (including phenoxy) is 2. The Hall–Kier alpha value is -2.11. The smallest absolute Gasteiger partial charge is 0.235 e. The Morgan fingerprint density at radius 1 is 1.20 bits per heavy atom. The molecule has 6 heteroatoms. The van der Waals surface area contributed by atoms with E-state index in [4.69, 9.17) is 21.1 Å². The summed E-state index contributed by atoms with van der Waals surface area (Å²) in [6.45, 7) is 2.95. The first-order chi connectivity index (χ1) is 12.0. The normalized spacial score (nSPS) is 16.3. The lowest BCUT2D eigenvalue weighted by Gasteiger charge is -2.36. The Balaban J connectivity index is 1.91. The van der Waals surface area contributed by atoms with Gasteiger partial charge in [-0.15, -0.1) is 0 Å². The molecule has 0 bridgehead atoms. The number of halogens is 1. The molecule has 1 aliphatic rings. The molecule has 25 heavy (non-hydrogen) atoms. The first kappa shape index (κ1) is 17.7. The van der Waals surface area contributed by atoms with Crippen LogP contribution < -0.4 is 10.1 Å². The van der Waals surface area contributed by atoms with Crippen molar-refractivity contribution in [2.24, 2.45) is 0 Å². The van der Waals surface area contributed by atoms with Crippen molar-refractivity contribution in [1.29, 1.82) is 0 Å². The number of hydrogen-bond acceptors (Lipinski definition) is 4.